The summed E-state index contributed by atoms with van der Waals surface area (Å²) < 4.78 is 2.40. The van der Waals surface area contributed by atoms with Crippen molar-refractivity contribution in [3.63, 3.8) is 0 Å². The van der Waals surface area contributed by atoms with E-state index < -0.39 is 0 Å². The van der Waals surface area contributed by atoms with Gasteiger partial charge in [0, 0.05) is 33.8 Å². The van der Waals surface area contributed by atoms with Crippen LogP contribution in [0.25, 0.3) is 72.9 Å². The van der Waals surface area contributed by atoms with Crippen molar-refractivity contribution in [3.8, 4) is 51.1 Å². The predicted molar refractivity (Wildman–Crippen MR) is 200 cm³/mol. The summed E-state index contributed by atoms with van der Waals surface area (Å²) in [5, 5.41) is 2.52. The molecule has 3 aromatic heterocycles. The summed E-state index contributed by atoms with van der Waals surface area (Å²) in [6.07, 6.45) is 1.76. The largest absolute Gasteiger partial charge is 0.309 e. The summed E-state index contributed by atoms with van der Waals surface area (Å²) in [7, 11) is 0. The molecule has 49 heavy (non-hydrogen) atoms. The van der Waals surface area contributed by atoms with Gasteiger partial charge in [-0.05, 0) is 87.7 Å². The first-order valence-electron chi connectivity index (χ1n) is 16.8. The van der Waals surface area contributed by atoms with E-state index >= 15 is 0 Å². The molecule has 0 spiro atoms. The SMILES string of the molecule is CC1(C)c2ccccc2-c2cc3c(cc2C1(C)C)c1ccccc1n3-c1ccc(-c2nc(-c3ccccc3)nc(-c3ccccn3)n2)cc1. The average molecular weight is 634 g/mol. The van der Waals surface area contributed by atoms with Crippen LogP contribution in [-0.2, 0) is 10.8 Å². The van der Waals surface area contributed by atoms with E-state index in [1.165, 1.54) is 44.1 Å². The Hall–Kier alpha value is -5.94. The zero-order chi connectivity index (χ0) is 33.3. The molecule has 3 heterocycles. The molecular formula is C44H35N5. The fourth-order valence-electron chi connectivity index (χ4n) is 7.56. The number of hydrogen-bond donors (Lipinski definition) is 0. The Bertz CT molecular complexity index is 2470. The van der Waals surface area contributed by atoms with Crippen LogP contribution in [0.4, 0.5) is 0 Å². The molecule has 0 radical (unpaired) electrons. The summed E-state index contributed by atoms with van der Waals surface area (Å²) in [6.45, 7) is 9.57. The van der Waals surface area contributed by atoms with Gasteiger partial charge in [-0.1, -0.05) is 107 Å². The van der Waals surface area contributed by atoms with Gasteiger partial charge in [0.05, 0.1) is 11.0 Å². The van der Waals surface area contributed by atoms with Crippen LogP contribution in [0.1, 0.15) is 38.8 Å². The maximum absolute atomic E-state index is 4.93. The van der Waals surface area contributed by atoms with Crippen molar-refractivity contribution in [3.05, 3.63) is 151 Å². The Kier molecular flexibility index (Phi) is 6.44. The molecule has 5 heteroatoms. The Morgan fingerprint density at radius 2 is 1.10 bits per heavy atom. The molecule has 0 aliphatic heterocycles. The Morgan fingerprint density at radius 1 is 0.469 bits per heavy atom. The van der Waals surface area contributed by atoms with Gasteiger partial charge >= 0.3 is 0 Å². The van der Waals surface area contributed by atoms with Crippen molar-refractivity contribution in [1.29, 1.82) is 0 Å². The summed E-state index contributed by atoms with van der Waals surface area (Å²) in [5.74, 6) is 1.78. The van der Waals surface area contributed by atoms with E-state index in [1.54, 1.807) is 6.20 Å². The van der Waals surface area contributed by atoms with Crippen LogP contribution in [0.15, 0.2) is 140 Å². The van der Waals surface area contributed by atoms with E-state index in [2.05, 4.69) is 122 Å². The molecule has 1 aliphatic rings. The molecule has 236 valence electrons. The van der Waals surface area contributed by atoms with E-state index in [1.807, 2.05) is 48.5 Å². The quantitative estimate of drug-likeness (QED) is 0.193. The molecule has 5 nitrogen and oxygen atoms in total. The smallest absolute Gasteiger partial charge is 0.182 e. The van der Waals surface area contributed by atoms with Gasteiger partial charge in [0.15, 0.2) is 17.5 Å². The highest BCUT2D eigenvalue weighted by atomic mass is 15.0. The Labute approximate surface area is 286 Å². The highest BCUT2D eigenvalue weighted by molar-refractivity contribution is 6.11. The van der Waals surface area contributed by atoms with Gasteiger partial charge in [-0.25, -0.2) is 15.0 Å². The number of aromatic nitrogens is 5. The number of pyridine rings is 1. The number of para-hydroxylation sites is 1. The van der Waals surface area contributed by atoms with E-state index in [-0.39, 0.29) is 10.8 Å². The standard InChI is InChI=1S/C44H35N5/c1-43(2)35-18-10-8-16-31(35)33-27-39-34(26-36(33)44(43,3)4)32-17-9-11-20-38(32)49(39)30-23-21-29(22-24-30)41-46-40(28-14-6-5-7-15-28)47-42(48-41)37-19-12-13-25-45-37/h5-27H,1-4H3. The summed E-state index contributed by atoms with van der Waals surface area (Å²) >= 11 is 0. The van der Waals surface area contributed by atoms with E-state index in [0.717, 1.165) is 16.8 Å². The fraction of sp³-hybridized carbons (Fsp3) is 0.136. The number of rotatable bonds is 4. The minimum absolute atomic E-state index is 0.0235. The van der Waals surface area contributed by atoms with Crippen LogP contribution in [0, 0.1) is 0 Å². The second-order valence-corrected chi connectivity index (χ2v) is 14.0. The van der Waals surface area contributed by atoms with Gasteiger partial charge in [0.2, 0.25) is 0 Å². The highest BCUT2D eigenvalue weighted by Gasteiger charge is 2.46. The van der Waals surface area contributed by atoms with Gasteiger partial charge in [0.1, 0.15) is 5.69 Å². The predicted octanol–water partition coefficient (Wildman–Crippen LogP) is 10.6. The first-order valence-corrected chi connectivity index (χ1v) is 16.8. The Balaban J connectivity index is 1.22. The van der Waals surface area contributed by atoms with Gasteiger partial charge in [0.25, 0.3) is 0 Å². The number of hydrogen-bond acceptors (Lipinski definition) is 4. The topological polar surface area (TPSA) is 56.5 Å². The zero-order valence-electron chi connectivity index (χ0n) is 28.0. The minimum Gasteiger partial charge on any atom is -0.309 e. The van der Waals surface area contributed by atoms with Crippen LogP contribution >= 0.6 is 0 Å². The van der Waals surface area contributed by atoms with Crippen LogP contribution in [-0.4, -0.2) is 24.5 Å². The lowest BCUT2D eigenvalue weighted by Crippen LogP contribution is -2.43. The molecular weight excluding hydrogens is 599 g/mol. The van der Waals surface area contributed by atoms with Crippen LogP contribution in [0.2, 0.25) is 0 Å². The third-order valence-electron chi connectivity index (χ3n) is 10.9. The summed E-state index contributed by atoms with van der Waals surface area (Å²) in [4.78, 5) is 19.2. The molecule has 8 aromatic rings. The van der Waals surface area contributed by atoms with Crippen LogP contribution in [0.5, 0.6) is 0 Å². The third-order valence-corrected chi connectivity index (χ3v) is 10.9. The zero-order valence-corrected chi connectivity index (χ0v) is 28.0. The summed E-state index contributed by atoms with van der Waals surface area (Å²) in [5.41, 5.74) is 11.4. The first kappa shape index (κ1) is 29.2. The molecule has 0 fully saturated rings. The molecule has 1 aliphatic carbocycles. The van der Waals surface area contributed by atoms with Crippen molar-refractivity contribution >= 4 is 21.8 Å². The van der Waals surface area contributed by atoms with Crippen molar-refractivity contribution in [2.75, 3.05) is 0 Å². The maximum Gasteiger partial charge on any atom is 0.182 e. The first-order chi connectivity index (χ1) is 23.8. The third kappa shape index (κ3) is 4.46. The normalized spacial score (nSPS) is 14.4. The van der Waals surface area contributed by atoms with E-state index in [4.69, 9.17) is 15.0 Å². The van der Waals surface area contributed by atoms with Crippen LogP contribution < -0.4 is 0 Å². The molecule has 0 N–H and O–H groups in total. The number of benzene rings is 5. The monoisotopic (exact) mass is 633 g/mol. The second-order valence-electron chi connectivity index (χ2n) is 14.0. The van der Waals surface area contributed by atoms with Gasteiger partial charge in [-0.15, -0.1) is 0 Å². The maximum atomic E-state index is 4.93. The lowest BCUT2D eigenvalue weighted by Gasteiger charge is -2.48. The molecule has 0 atom stereocenters. The average Bonchev–Trinajstić information content (AvgIpc) is 3.48. The van der Waals surface area contributed by atoms with Crippen LogP contribution in [0.3, 0.4) is 0 Å². The molecule has 0 saturated heterocycles. The second kappa shape index (κ2) is 10.8. The molecule has 0 saturated carbocycles. The minimum atomic E-state index is -0.0625. The molecule has 0 bridgehead atoms. The van der Waals surface area contributed by atoms with E-state index in [0.29, 0.717) is 23.2 Å². The van der Waals surface area contributed by atoms with E-state index in [9.17, 15) is 0 Å². The van der Waals surface area contributed by atoms with Gasteiger partial charge in [-0.3, -0.25) is 4.98 Å². The number of nitrogens with zero attached hydrogens (tertiary/aromatic N) is 5. The molecule has 5 aromatic carbocycles. The summed E-state index contributed by atoms with van der Waals surface area (Å²) in [6, 6.07) is 46.9. The van der Waals surface area contributed by atoms with Crippen molar-refractivity contribution < 1.29 is 0 Å². The molecule has 9 rings (SSSR count). The number of fused-ring (bicyclic) bond motifs is 6. The van der Waals surface area contributed by atoms with Gasteiger partial charge < -0.3 is 4.57 Å². The highest BCUT2D eigenvalue weighted by Crippen LogP contribution is 2.55. The Morgan fingerprint density at radius 3 is 1.86 bits per heavy atom. The van der Waals surface area contributed by atoms with Crippen molar-refractivity contribution in [2.45, 2.75) is 38.5 Å². The lowest BCUT2D eigenvalue weighted by molar-refractivity contribution is 0.299. The molecule has 0 unspecified atom stereocenters. The van der Waals surface area contributed by atoms with Gasteiger partial charge in [-0.2, -0.15) is 0 Å². The lowest BCUT2D eigenvalue weighted by atomic mass is 9.55. The molecule has 0 amide bonds. The van der Waals surface area contributed by atoms with Crippen molar-refractivity contribution in [2.24, 2.45) is 0 Å². The van der Waals surface area contributed by atoms with Crippen molar-refractivity contribution in [1.82, 2.24) is 24.5 Å². The fourth-order valence-corrected chi connectivity index (χ4v) is 7.56.